The minimum atomic E-state index is -0.370. The highest BCUT2D eigenvalue weighted by Crippen LogP contribution is 2.22. The fourth-order valence-electron chi connectivity index (χ4n) is 1.45. The number of hydrogen-bond acceptors (Lipinski definition) is 4. The molecule has 0 aliphatic heterocycles. The number of carbonyl (C=O) groups is 1. The molecule has 0 saturated heterocycles. The summed E-state index contributed by atoms with van der Waals surface area (Å²) in [5.74, 6) is 0.231. The fourth-order valence-corrected chi connectivity index (χ4v) is 2.30. The lowest BCUT2D eigenvalue weighted by Crippen LogP contribution is -2.20. The van der Waals surface area contributed by atoms with Crippen molar-refractivity contribution in [3.05, 3.63) is 34.2 Å². The Kier molecular flexibility index (Phi) is 4.98. The van der Waals surface area contributed by atoms with E-state index in [2.05, 4.69) is 4.98 Å². The molecule has 0 radical (unpaired) electrons. The molecule has 4 nitrogen and oxygen atoms in total. The van der Waals surface area contributed by atoms with Gasteiger partial charge in [0.25, 0.3) is 0 Å². The number of carbonyl (C=O) groups excluding carboxylic acids is 1. The molecule has 0 aliphatic rings. The van der Waals surface area contributed by atoms with Crippen molar-refractivity contribution in [1.82, 2.24) is 4.98 Å². The van der Waals surface area contributed by atoms with Crippen LogP contribution in [0.5, 0.6) is 0 Å². The van der Waals surface area contributed by atoms with Gasteiger partial charge >= 0.3 is 0 Å². The van der Waals surface area contributed by atoms with Crippen LogP contribution < -0.4 is 5.56 Å². The quantitative estimate of drug-likeness (QED) is 0.642. The van der Waals surface area contributed by atoms with Crippen molar-refractivity contribution in [3.8, 4) is 5.40 Å². The van der Waals surface area contributed by atoms with Gasteiger partial charge in [-0.25, -0.2) is 0 Å². The molecule has 5 heteroatoms. The second-order valence-corrected chi connectivity index (χ2v) is 5.12. The maximum absolute atomic E-state index is 12.1. The van der Waals surface area contributed by atoms with Crippen LogP contribution in [0.1, 0.15) is 30.6 Å². The van der Waals surface area contributed by atoms with E-state index in [1.807, 2.05) is 19.2 Å². The van der Waals surface area contributed by atoms with Gasteiger partial charge in [-0.15, -0.1) is 0 Å². The molecule has 1 rings (SSSR count). The van der Waals surface area contributed by atoms with Gasteiger partial charge < -0.3 is 4.98 Å². The molecule has 1 heterocycles. The molecule has 0 aromatic carbocycles. The van der Waals surface area contributed by atoms with E-state index in [9.17, 15) is 9.59 Å². The number of aromatic nitrogens is 1. The van der Waals surface area contributed by atoms with Gasteiger partial charge in [0.15, 0.2) is 5.78 Å². The summed E-state index contributed by atoms with van der Waals surface area (Å²) in [5.41, 5.74) is 0.202. The van der Waals surface area contributed by atoms with Crippen LogP contribution in [0.2, 0.25) is 0 Å². The normalized spacial score (nSPS) is 12.1. The average Bonchev–Trinajstić information content (AvgIpc) is 2.28. The van der Waals surface area contributed by atoms with Crippen molar-refractivity contribution < 1.29 is 4.79 Å². The summed E-state index contributed by atoms with van der Waals surface area (Å²) in [7, 11) is 0. The lowest BCUT2D eigenvalue weighted by atomic mass is 10.0. The van der Waals surface area contributed by atoms with Crippen molar-refractivity contribution in [1.29, 1.82) is 5.26 Å². The van der Waals surface area contributed by atoms with E-state index < -0.39 is 0 Å². The summed E-state index contributed by atoms with van der Waals surface area (Å²) in [6.07, 6.45) is 2.05. The lowest BCUT2D eigenvalue weighted by Gasteiger charge is -2.13. The average molecular weight is 250 g/mol. The zero-order chi connectivity index (χ0) is 12.8. The lowest BCUT2D eigenvalue weighted by molar-refractivity contribution is 0.0982. The van der Waals surface area contributed by atoms with Gasteiger partial charge in [0.2, 0.25) is 5.56 Å². The second kappa shape index (κ2) is 6.26. The number of Topliss-reactive ketones (excluding diaryl/α,β-unsaturated/α-hetero) is 1. The number of ketones is 1. The third-order valence-electron chi connectivity index (χ3n) is 2.24. The summed E-state index contributed by atoms with van der Waals surface area (Å²) < 4.78 is 0. The van der Waals surface area contributed by atoms with Crippen LogP contribution in [0.3, 0.4) is 0 Å². The Hall–Kier alpha value is -1.54. The highest BCUT2D eigenvalue weighted by atomic mass is 32.2. The number of thioether (sulfide) groups is 1. The van der Waals surface area contributed by atoms with Gasteiger partial charge in [-0.1, -0.05) is 13.8 Å². The summed E-state index contributed by atoms with van der Waals surface area (Å²) >= 11 is 0.976. The predicted molar refractivity (Wildman–Crippen MR) is 67.8 cm³/mol. The minimum Gasteiger partial charge on any atom is -0.328 e. The molecule has 1 aromatic heterocycles. The number of nitrogens with zero attached hydrogens (tertiary/aromatic N) is 1. The molecule has 1 N–H and O–H groups in total. The fraction of sp³-hybridized carbons (Fsp3) is 0.417. The Morgan fingerprint density at radius 2 is 2.24 bits per heavy atom. The van der Waals surface area contributed by atoms with Crippen LogP contribution in [0.15, 0.2) is 23.1 Å². The van der Waals surface area contributed by atoms with Crippen molar-refractivity contribution in [2.45, 2.75) is 25.5 Å². The Morgan fingerprint density at radius 3 is 2.71 bits per heavy atom. The summed E-state index contributed by atoms with van der Waals surface area (Å²) in [5, 5.41) is 10.3. The molecule has 0 aliphatic carbocycles. The van der Waals surface area contributed by atoms with Crippen LogP contribution in [-0.2, 0) is 0 Å². The molecule has 0 bridgehead atoms. The Labute approximate surface area is 104 Å². The first kappa shape index (κ1) is 13.5. The SMILES string of the molecule is CC(C)CC(SC#N)C(=O)c1ccc(=O)[nH]c1. The van der Waals surface area contributed by atoms with Gasteiger partial charge in [0, 0.05) is 17.8 Å². The van der Waals surface area contributed by atoms with Gasteiger partial charge in [0.1, 0.15) is 5.40 Å². The number of pyridine rings is 1. The number of hydrogen-bond donors (Lipinski definition) is 1. The van der Waals surface area contributed by atoms with E-state index in [0.29, 0.717) is 17.9 Å². The van der Waals surface area contributed by atoms with Crippen molar-refractivity contribution in [2.24, 2.45) is 5.92 Å². The molecule has 17 heavy (non-hydrogen) atoms. The summed E-state index contributed by atoms with van der Waals surface area (Å²) in [6, 6.07) is 2.81. The van der Waals surface area contributed by atoms with Crippen molar-refractivity contribution in [2.75, 3.05) is 0 Å². The number of thiocyanates is 1. The smallest absolute Gasteiger partial charge is 0.247 e. The molecule has 90 valence electrons. The maximum atomic E-state index is 12.1. The van der Waals surface area contributed by atoms with Gasteiger partial charge in [-0.3, -0.25) is 9.59 Å². The highest BCUT2D eigenvalue weighted by molar-refractivity contribution is 8.05. The van der Waals surface area contributed by atoms with Gasteiger partial charge in [-0.05, 0) is 30.2 Å². The third kappa shape index (κ3) is 4.08. The molecule has 0 amide bonds. The number of nitriles is 1. The third-order valence-corrected chi connectivity index (χ3v) is 3.04. The number of rotatable bonds is 5. The molecule has 1 unspecified atom stereocenters. The number of aromatic amines is 1. The van der Waals surface area contributed by atoms with Crippen LogP contribution in [-0.4, -0.2) is 16.0 Å². The first-order valence-corrected chi connectivity index (χ1v) is 6.20. The van der Waals surface area contributed by atoms with E-state index in [1.165, 1.54) is 18.3 Å². The van der Waals surface area contributed by atoms with E-state index in [-0.39, 0.29) is 16.6 Å². The van der Waals surface area contributed by atoms with Gasteiger partial charge in [-0.2, -0.15) is 5.26 Å². The largest absolute Gasteiger partial charge is 0.328 e. The second-order valence-electron chi connectivity index (χ2n) is 4.13. The predicted octanol–water partition coefficient (Wildman–Crippen LogP) is 2.19. The molecular weight excluding hydrogens is 236 g/mol. The zero-order valence-corrected chi connectivity index (χ0v) is 10.6. The molecule has 0 fully saturated rings. The van der Waals surface area contributed by atoms with E-state index >= 15 is 0 Å². The molecular formula is C12H14N2O2S. The maximum Gasteiger partial charge on any atom is 0.247 e. The highest BCUT2D eigenvalue weighted by Gasteiger charge is 2.22. The van der Waals surface area contributed by atoms with Crippen LogP contribution in [0.4, 0.5) is 0 Å². The van der Waals surface area contributed by atoms with Crippen LogP contribution >= 0.6 is 11.8 Å². The number of H-pyrrole nitrogens is 1. The summed E-state index contributed by atoms with van der Waals surface area (Å²) in [6.45, 7) is 4.01. The molecule has 0 spiro atoms. The Morgan fingerprint density at radius 1 is 1.53 bits per heavy atom. The number of nitrogens with one attached hydrogen (secondary N) is 1. The van der Waals surface area contributed by atoms with Crippen molar-refractivity contribution in [3.63, 3.8) is 0 Å². The minimum absolute atomic E-state index is 0.110. The van der Waals surface area contributed by atoms with E-state index in [4.69, 9.17) is 5.26 Å². The molecule has 1 atom stereocenters. The first-order chi connectivity index (χ1) is 8.04. The van der Waals surface area contributed by atoms with Crippen LogP contribution in [0, 0.1) is 16.6 Å². The standard InChI is InChI=1S/C12H14N2O2S/c1-8(2)5-10(17-7-13)12(16)9-3-4-11(15)14-6-9/h3-4,6,8,10H,5H2,1-2H3,(H,14,15). The van der Waals surface area contributed by atoms with Gasteiger partial charge in [0.05, 0.1) is 5.25 Å². The van der Waals surface area contributed by atoms with E-state index in [0.717, 1.165) is 11.8 Å². The van der Waals surface area contributed by atoms with Crippen LogP contribution in [0.25, 0.3) is 0 Å². The summed E-state index contributed by atoms with van der Waals surface area (Å²) in [4.78, 5) is 25.4. The zero-order valence-electron chi connectivity index (χ0n) is 9.77. The molecule has 0 saturated carbocycles. The topological polar surface area (TPSA) is 73.7 Å². The first-order valence-electron chi connectivity index (χ1n) is 5.32. The Balaban J connectivity index is 2.88. The molecule has 1 aromatic rings. The monoisotopic (exact) mass is 250 g/mol. The van der Waals surface area contributed by atoms with E-state index in [1.54, 1.807) is 0 Å². The Bertz CT molecular complexity index is 468. The van der Waals surface area contributed by atoms with Crippen molar-refractivity contribution >= 4 is 17.5 Å².